The van der Waals surface area contributed by atoms with Crippen molar-refractivity contribution in [2.45, 2.75) is 0 Å². The van der Waals surface area contributed by atoms with Crippen LogP contribution >= 0.6 is 12.2 Å². The third kappa shape index (κ3) is 2.10. The number of anilines is 1. The van der Waals surface area contributed by atoms with Gasteiger partial charge in [0.1, 0.15) is 4.64 Å². The van der Waals surface area contributed by atoms with E-state index >= 15 is 0 Å². The van der Waals surface area contributed by atoms with Crippen LogP contribution in [-0.2, 0) is 0 Å². The molecule has 0 bridgehead atoms. The molecule has 0 unspecified atom stereocenters. The van der Waals surface area contributed by atoms with Crippen molar-refractivity contribution in [3.05, 3.63) is 16.9 Å². The van der Waals surface area contributed by atoms with Crippen LogP contribution in [0.2, 0.25) is 0 Å². The number of hydrogen-bond acceptors (Lipinski definition) is 4. The third-order valence-electron chi connectivity index (χ3n) is 2.46. The highest BCUT2D eigenvalue weighted by molar-refractivity contribution is 7.71. The Morgan fingerprint density at radius 1 is 1.36 bits per heavy atom. The molecular formula is C9H14N4S. The Hall–Kier alpha value is -0.940. The van der Waals surface area contributed by atoms with E-state index in [1.165, 1.54) is 0 Å². The van der Waals surface area contributed by atoms with Gasteiger partial charge in [-0.25, -0.2) is 4.98 Å². The molecule has 0 aromatic carbocycles. The fraction of sp³-hybridized carbons (Fsp3) is 0.556. The molecule has 2 heterocycles. The Kier molecular flexibility index (Phi) is 2.79. The highest BCUT2D eigenvalue weighted by atomic mass is 32.1. The van der Waals surface area contributed by atoms with Gasteiger partial charge in [-0.2, -0.15) is 0 Å². The van der Waals surface area contributed by atoms with E-state index in [4.69, 9.17) is 12.2 Å². The monoisotopic (exact) mass is 210 g/mol. The molecule has 1 fully saturated rings. The molecule has 14 heavy (non-hydrogen) atoms. The third-order valence-corrected chi connectivity index (χ3v) is 2.70. The molecule has 1 aliphatic heterocycles. The van der Waals surface area contributed by atoms with Gasteiger partial charge in [0.2, 0.25) is 5.95 Å². The van der Waals surface area contributed by atoms with Crippen molar-refractivity contribution in [1.82, 2.24) is 14.9 Å². The number of H-pyrrole nitrogens is 1. The van der Waals surface area contributed by atoms with Crippen molar-refractivity contribution in [3.63, 3.8) is 0 Å². The van der Waals surface area contributed by atoms with Gasteiger partial charge in [-0.3, -0.25) is 0 Å². The number of nitrogens with one attached hydrogen (secondary N) is 1. The predicted molar refractivity (Wildman–Crippen MR) is 59.1 cm³/mol. The second-order valence-electron chi connectivity index (χ2n) is 3.55. The van der Waals surface area contributed by atoms with Crippen molar-refractivity contribution in [2.75, 3.05) is 38.1 Å². The Morgan fingerprint density at radius 2 is 2.07 bits per heavy atom. The maximum atomic E-state index is 5.06. The number of aromatic amines is 1. The zero-order chi connectivity index (χ0) is 9.97. The maximum absolute atomic E-state index is 5.06. The summed E-state index contributed by atoms with van der Waals surface area (Å²) >= 11 is 5.06. The molecule has 2 rings (SSSR count). The summed E-state index contributed by atoms with van der Waals surface area (Å²) < 4.78 is 0.744. The van der Waals surface area contributed by atoms with Crippen LogP contribution in [0.3, 0.4) is 0 Å². The van der Waals surface area contributed by atoms with Crippen molar-refractivity contribution in [3.8, 4) is 0 Å². The average Bonchev–Trinajstić information content (AvgIpc) is 2.19. The highest BCUT2D eigenvalue weighted by Gasteiger charge is 2.14. The molecule has 1 saturated heterocycles. The average molecular weight is 210 g/mol. The fourth-order valence-electron chi connectivity index (χ4n) is 1.54. The van der Waals surface area contributed by atoms with Crippen LogP contribution in [0.15, 0.2) is 12.3 Å². The van der Waals surface area contributed by atoms with Crippen LogP contribution in [0.5, 0.6) is 0 Å². The van der Waals surface area contributed by atoms with Crippen LogP contribution < -0.4 is 4.90 Å². The first-order chi connectivity index (χ1) is 6.75. The lowest BCUT2D eigenvalue weighted by Gasteiger charge is -2.32. The van der Waals surface area contributed by atoms with Crippen molar-refractivity contribution in [1.29, 1.82) is 0 Å². The van der Waals surface area contributed by atoms with E-state index < -0.39 is 0 Å². The Balaban J connectivity index is 2.12. The van der Waals surface area contributed by atoms with Crippen molar-refractivity contribution >= 4 is 18.2 Å². The molecule has 0 radical (unpaired) electrons. The van der Waals surface area contributed by atoms with Gasteiger partial charge in [0.25, 0.3) is 0 Å². The maximum Gasteiger partial charge on any atom is 0.203 e. The van der Waals surface area contributed by atoms with Gasteiger partial charge < -0.3 is 14.8 Å². The predicted octanol–water partition coefficient (Wildman–Crippen LogP) is 0.891. The molecule has 0 amide bonds. The van der Waals surface area contributed by atoms with Gasteiger partial charge in [0, 0.05) is 32.4 Å². The minimum absolute atomic E-state index is 0.744. The standard InChI is InChI=1S/C9H14N4S/c1-12-4-6-13(7-5-12)9-10-3-2-8(14)11-9/h2-3H,4-7H2,1H3,(H,10,11,14). The first kappa shape index (κ1) is 9.61. The zero-order valence-corrected chi connectivity index (χ0v) is 9.05. The van der Waals surface area contributed by atoms with E-state index in [2.05, 4.69) is 26.8 Å². The first-order valence-corrected chi connectivity index (χ1v) is 5.15. The Morgan fingerprint density at radius 3 is 2.71 bits per heavy atom. The Bertz CT molecular complexity index is 354. The van der Waals surface area contributed by atoms with Crippen LogP contribution in [0.4, 0.5) is 5.95 Å². The molecule has 1 aromatic heterocycles. The lowest BCUT2D eigenvalue weighted by molar-refractivity contribution is 0.311. The first-order valence-electron chi connectivity index (χ1n) is 4.74. The molecule has 0 atom stereocenters. The summed E-state index contributed by atoms with van der Waals surface area (Å²) in [6.45, 7) is 4.19. The minimum Gasteiger partial charge on any atom is -0.340 e. The summed E-state index contributed by atoms with van der Waals surface area (Å²) in [5.41, 5.74) is 0. The molecule has 4 nitrogen and oxygen atoms in total. The van der Waals surface area contributed by atoms with Gasteiger partial charge in [0.05, 0.1) is 0 Å². The normalized spacial score (nSPS) is 18.5. The molecule has 1 aromatic rings. The number of rotatable bonds is 1. The molecule has 1 N–H and O–H groups in total. The summed E-state index contributed by atoms with van der Waals surface area (Å²) in [5.74, 6) is 0.894. The van der Waals surface area contributed by atoms with E-state index in [1.807, 2.05) is 0 Å². The molecule has 76 valence electrons. The zero-order valence-electron chi connectivity index (χ0n) is 8.23. The van der Waals surface area contributed by atoms with Gasteiger partial charge in [-0.05, 0) is 13.1 Å². The summed E-state index contributed by atoms with van der Waals surface area (Å²) in [7, 11) is 2.14. The smallest absolute Gasteiger partial charge is 0.203 e. The summed E-state index contributed by atoms with van der Waals surface area (Å²) in [6.07, 6.45) is 1.76. The summed E-state index contributed by atoms with van der Waals surface area (Å²) in [5, 5.41) is 0. The molecular weight excluding hydrogens is 196 g/mol. The van der Waals surface area contributed by atoms with Gasteiger partial charge in [-0.15, -0.1) is 0 Å². The number of piperazine rings is 1. The molecule has 5 heteroatoms. The number of nitrogens with zero attached hydrogens (tertiary/aromatic N) is 3. The van der Waals surface area contributed by atoms with E-state index in [9.17, 15) is 0 Å². The van der Waals surface area contributed by atoms with E-state index in [0.29, 0.717) is 0 Å². The number of likely N-dealkylation sites (N-methyl/N-ethyl adjacent to an activating group) is 1. The highest BCUT2D eigenvalue weighted by Crippen LogP contribution is 2.08. The molecule has 1 aliphatic rings. The van der Waals surface area contributed by atoms with Crippen LogP contribution in [-0.4, -0.2) is 48.1 Å². The Labute approximate surface area is 88.6 Å². The number of hydrogen-bond donors (Lipinski definition) is 1. The van der Waals surface area contributed by atoms with Crippen LogP contribution in [0.25, 0.3) is 0 Å². The minimum atomic E-state index is 0.744. The van der Waals surface area contributed by atoms with Crippen LogP contribution in [0.1, 0.15) is 0 Å². The van der Waals surface area contributed by atoms with Crippen molar-refractivity contribution < 1.29 is 0 Å². The fourth-order valence-corrected chi connectivity index (χ4v) is 1.69. The van der Waals surface area contributed by atoms with Gasteiger partial charge in [0.15, 0.2) is 0 Å². The largest absolute Gasteiger partial charge is 0.340 e. The number of aromatic nitrogens is 2. The molecule has 0 spiro atoms. The lowest BCUT2D eigenvalue weighted by Crippen LogP contribution is -2.45. The lowest BCUT2D eigenvalue weighted by atomic mass is 10.3. The van der Waals surface area contributed by atoms with Crippen LogP contribution in [0, 0.1) is 4.64 Å². The topological polar surface area (TPSA) is 35.2 Å². The second kappa shape index (κ2) is 4.06. The van der Waals surface area contributed by atoms with Crippen molar-refractivity contribution in [2.24, 2.45) is 0 Å². The van der Waals surface area contributed by atoms with E-state index in [-0.39, 0.29) is 0 Å². The second-order valence-corrected chi connectivity index (χ2v) is 3.99. The quantitative estimate of drug-likeness (QED) is 0.698. The van der Waals surface area contributed by atoms with Gasteiger partial charge in [-0.1, -0.05) is 12.2 Å². The van der Waals surface area contributed by atoms with E-state index in [0.717, 1.165) is 36.8 Å². The molecule has 0 saturated carbocycles. The SMILES string of the molecule is CN1CCN(c2nccc(=S)[nH]2)CC1. The summed E-state index contributed by atoms with van der Waals surface area (Å²) in [6, 6.07) is 1.80. The van der Waals surface area contributed by atoms with Gasteiger partial charge >= 0.3 is 0 Å². The summed E-state index contributed by atoms with van der Waals surface area (Å²) in [4.78, 5) is 11.9. The van der Waals surface area contributed by atoms with E-state index in [1.54, 1.807) is 12.3 Å². The molecule has 0 aliphatic carbocycles.